The van der Waals surface area contributed by atoms with Gasteiger partial charge < -0.3 is 10.1 Å². The highest BCUT2D eigenvalue weighted by Crippen LogP contribution is 2.34. The zero-order chi connectivity index (χ0) is 23.0. The normalized spacial score (nSPS) is 15.9. The van der Waals surface area contributed by atoms with Crippen LogP contribution >= 0.6 is 0 Å². The van der Waals surface area contributed by atoms with Gasteiger partial charge >= 0.3 is 6.03 Å². The molecule has 1 aliphatic heterocycles. The molecule has 1 atom stereocenters. The number of carbonyl (C=O) groups is 3. The van der Waals surface area contributed by atoms with E-state index in [1.54, 1.807) is 18.4 Å². The van der Waals surface area contributed by atoms with E-state index in [1.807, 2.05) is 29.6 Å². The van der Waals surface area contributed by atoms with Crippen LogP contribution in [-0.2, 0) is 16.1 Å². The molecule has 4 amide bonds. The summed E-state index contributed by atoms with van der Waals surface area (Å²) in [6, 6.07) is 1.95. The van der Waals surface area contributed by atoms with Crippen LogP contribution in [0.4, 0.5) is 13.6 Å². The second-order valence-corrected chi connectivity index (χ2v) is 7.71. The summed E-state index contributed by atoms with van der Waals surface area (Å²) in [6.07, 6.45) is 0. The van der Waals surface area contributed by atoms with E-state index in [1.165, 1.54) is 6.07 Å². The smallest absolute Gasteiger partial charge is 0.328 e. The summed E-state index contributed by atoms with van der Waals surface area (Å²) in [4.78, 5) is 38.7. The molecule has 166 valence electrons. The first-order valence-corrected chi connectivity index (χ1v) is 9.57. The molecule has 0 radical (unpaired) electrons. The van der Waals surface area contributed by atoms with Gasteiger partial charge in [-0.25, -0.2) is 22.9 Å². The van der Waals surface area contributed by atoms with Crippen LogP contribution in [0.25, 0.3) is 0 Å². The van der Waals surface area contributed by atoms with Crippen molar-refractivity contribution in [2.75, 3.05) is 20.6 Å². The van der Waals surface area contributed by atoms with Gasteiger partial charge in [-0.15, -0.1) is 0 Å². The maximum absolute atomic E-state index is 14.1. The molecule has 1 aliphatic rings. The highest BCUT2D eigenvalue weighted by atomic mass is 19.2. The molecule has 0 saturated carbocycles. The first-order valence-electron chi connectivity index (χ1n) is 9.57. The maximum atomic E-state index is 14.1. The Morgan fingerprint density at radius 2 is 1.74 bits per heavy atom. The minimum atomic E-state index is -1.55. The van der Waals surface area contributed by atoms with Gasteiger partial charge in [0.25, 0.3) is 5.82 Å². The number of nitrogens with one attached hydrogen (secondary N) is 2. The minimum absolute atomic E-state index is 0.0208. The van der Waals surface area contributed by atoms with Crippen molar-refractivity contribution in [2.45, 2.75) is 26.3 Å². The first kappa shape index (κ1) is 22.3. The number of aromatic nitrogens is 2. The number of imidazole rings is 1. The average molecular weight is 435 g/mol. The Hall–Kier alpha value is -3.34. The molecule has 0 aliphatic carbocycles. The van der Waals surface area contributed by atoms with Gasteiger partial charge in [0, 0.05) is 20.4 Å². The van der Waals surface area contributed by atoms with Crippen LogP contribution in [0.5, 0.6) is 0 Å². The number of imide groups is 2. The summed E-state index contributed by atoms with van der Waals surface area (Å²) >= 11 is 0. The SMILES string of the molecule is Cc1c(C)[n+]([O-])c([C@@H](c2ccc(F)c(F)c2)C2C(=O)NC(=O)NC2=O)n1CCN(C)C. The van der Waals surface area contributed by atoms with Crippen molar-refractivity contribution < 1.29 is 27.9 Å². The van der Waals surface area contributed by atoms with E-state index in [0.717, 1.165) is 12.1 Å². The van der Waals surface area contributed by atoms with Gasteiger partial charge in [0.2, 0.25) is 11.8 Å². The Balaban J connectivity index is 2.26. The molecule has 1 aromatic heterocycles. The predicted molar refractivity (Wildman–Crippen MR) is 105 cm³/mol. The van der Waals surface area contributed by atoms with Gasteiger partial charge in [-0.05, 0) is 31.8 Å². The molecule has 11 heteroatoms. The highest BCUT2D eigenvalue weighted by molar-refractivity contribution is 6.16. The van der Waals surface area contributed by atoms with Crippen molar-refractivity contribution in [1.29, 1.82) is 0 Å². The second-order valence-electron chi connectivity index (χ2n) is 7.71. The number of halogens is 2. The second kappa shape index (κ2) is 8.42. The third-order valence-corrected chi connectivity index (χ3v) is 5.44. The number of benzene rings is 1. The predicted octanol–water partition coefficient (Wildman–Crippen LogP) is 0.692. The topological polar surface area (TPSA) is 110 Å². The number of hydrogen-bond acceptors (Lipinski definition) is 5. The molecule has 0 spiro atoms. The van der Waals surface area contributed by atoms with Crippen LogP contribution in [0.15, 0.2) is 18.2 Å². The van der Waals surface area contributed by atoms with Crippen molar-refractivity contribution >= 4 is 17.8 Å². The van der Waals surface area contributed by atoms with Crippen LogP contribution < -0.4 is 15.4 Å². The van der Waals surface area contributed by atoms with Crippen LogP contribution in [0, 0.1) is 36.6 Å². The van der Waals surface area contributed by atoms with Crippen molar-refractivity contribution in [3.8, 4) is 0 Å². The molecule has 1 fully saturated rings. The molecule has 1 aromatic carbocycles. The summed E-state index contributed by atoms with van der Waals surface area (Å²) in [5.74, 6) is -6.95. The van der Waals surface area contributed by atoms with Gasteiger partial charge in [0.05, 0.1) is 0 Å². The third kappa shape index (κ3) is 4.13. The molecule has 31 heavy (non-hydrogen) atoms. The lowest BCUT2D eigenvalue weighted by atomic mass is 9.83. The van der Waals surface area contributed by atoms with Gasteiger partial charge in [-0.3, -0.25) is 20.2 Å². The molecule has 0 bridgehead atoms. The summed E-state index contributed by atoms with van der Waals surface area (Å²) < 4.78 is 29.9. The van der Waals surface area contributed by atoms with Crippen molar-refractivity contribution in [3.05, 3.63) is 57.8 Å². The van der Waals surface area contributed by atoms with Crippen LogP contribution in [0.2, 0.25) is 0 Å². The van der Waals surface area contributed by atoms with Crippen molar-refractivity contribution in [2.24, 2.45) is 5.92 Å². The highest BCUT2D eigenvalue weighted by Gasteiger charge is 2.47. The minimum Gasteiger partial charge on any atom is -0.711 e. The molecule has 2 N–H and O–H groups in total. The van der Waals surface area contributed by atoms with Crippen molar-refractivity contribution in [1.82, 2.24) is 20.1 Å². The summed E-state index contributed by atoms with van der Waals surface area (Å²) in [7, 11) is 3.69. The van der Waals surface area contributed by atoms with Crippen LogP contribution in [0.3, 0.4) is 0 Å². The molecule has 0 unspecified atom stereocenters. The number of barbiturate groups is 1. The Kier molecular flexibility index (Phi) is 6.07. The zero-order valence-electron chi connectivity index (χ0n) is 17.5. The van der Waals surface area contributed by atoms with E-state index in [4.69, 9.17) is 0 Å². The largest absolute Gasteiger partial charge is 0.711 e. The van der Waals surface area contributed by atoms with E-state index in [-0.39, 0.29) is 11.4 Å². The molecule has 2 aromatic rings. The average Bonchev–Trinajstić information content (AvgIpc) is 2.88. The third-order valence-electron chi connectivity index (χ3n) is 5.44. The van der Waals surface area contributed by atoms with E-state index >= 15 is 0 Å². The molecule has 3 rings (SSSR count). The molecular weight excluding hydrogens is 412 g/mol. The van der Waals surface area contributed by atoms with E-state index in [9.17, 15) is 28.4 Å². The molecule has 2 heterocycles. The fourth-order valence-electron chi connectivity index (χ4n) is 3.70. The number of rotatable bonds is 6. The Bertz CT molecular complexity index is 1050. The number of hydrogen-bond donors (Lipinski definition) is 2. The van der Waals surface area contributed by atoms with Gasteiger partial charge in [-0.2, -0.15) is 0 Å². The van der Waals surface area contributed by atoms with E-state index in [0.29, 0.717) is 29.2 Å². The van der Waals surface area contributed by atoms with E-state index < -0.39 is 41.3 Å². The lowest BCUT2D eigenvalue weighted by molar-refractivity contribution is -0.621. The fraction of sp³-hybridized carbons (Fsp3) is 0.400. The maximum Gasteiger partial charge on any atom is 0.328 e. The summed E-state index contributed by atoms with van der Waals surface area (Å²) in [6.45, 7) is 4.19. The lowest BCUT2D eigenvalue weighted by Crippen LogP contribution is -2.58. The van der Waals surface area contributed by atoms with Gasteiger partial charge in [0.1, 0.15) is 29.8 Å². The standard InChI is InChI=1S/C20H23F2N5O4/c1-10-11(2)27(31)19(26(10)8-7-25(3)4)15(12-5-6-13(21)14(22)9-12)16-17(28)23-20(30)24-18(16)29/h5-6,9,15-16H,7-8H2,1-4H3,(H2,23,24,28,29,30)/t15-/m0/s1. The Labute approximate surface area is 177 Å². The van der Waals surface area contributed by atoms with E-state index in [2.05, 4.69) is 0 Å². The Morgan fingerprint density at radius 3 is 2.29 bits per heavy atom. The zero-order valence-corrected chi connectivity index (χ0v) is 17.5. The number of likely N-dealkylation sites (N-methyl/N-ethyl adjacent to an activating group) is 1. The quantitative estimate of drug-likeness (QED) is 0.394. The monoisotopic (exact) mass is 435 g/mol. The number of amides is 4. The lowest BCUT2D eigenvalue weighted by Gasteiger charge is -2.28. The molecule has 9 nitrogen and oxygen atoms in total. The van der Waals surface area contributed by atoms with Gasteiger partial charge in [-0.1, -0.05) is 6.07 Å². The van der Waals surface area contributed by atoms with Gasteiger partial charge in [0.15, 0.2) is 11.6 Å². The molecule has 1 saturated heterocycles. The number of carbonyl (C=O) groups excluding carboxylic acids is 3. The summed E-state index contributed by atoms with van der Waals surface area (Å²) in [5, 5.41) is 17.1. The van der Waals surface area contributed by atoms with Crippen LogP contribution in [0.1, 0.15) is 28.7 Å². The summed E-state index contributed by atoms with van der Waals surface area (Å²) in [5.41, 5.74) is 0.998. The number of nitrogens with zero attached hydrogens (tertiary/aromatic N) is 3. The number of urea groups is 1. The van der Waals surface area contributed by atoms with Crippen molar-refractivity contribution in [3.63, 3.8) is 0 Å². The molecular formula is C20H23F2N5O4. The first-order chi connectivity index (χ1) is 14.5. The Morgan fingerprint density at radius 1 is 1.13 bits per heavy atom. The van der Waals surface area contributed by atoms with Crippen LogP contribution in [-0.4, -0.2) is 48.0 Å². The fourth-order valence-corrected chi connectivity index (χ4v) is 3.70.